The van der Waals surface area contributed by atoms with E-state index in [-0.39, 0.29) is 0 Å². The lowest BCUT2D eigenvalue weighted by atomic mass is 10.1. The molecule has 0 saturated carbocycles. The summed E-state index contributed by atoms with van der Waals surface area (Å²) in [5, 5.41) is 9.60. The Kier molecular flexibility index (Phi) is 5.77. The number of aromatic nitrogens is 2. The molecule has 0 aliphatic rings. The highest BCUT2D eigenvalue weighted by Crippen LogP contribution is 2.30. The number of nitrogens with zero attached hydrogens (tertiary/aromatic N) is 2. The van der Waals surface area contributed by atoms with Gasteiger partial charge in [-0.25, -0.2) is 4.98 Å². The number of hydrogen-bond donors (Lipinski definition) is 1. The van der Waals surface area contributed by atoms with Gasteiger partial charge >= 0.3 is 0 Å². The summed E-state index contributed by atoms with van der Waals surface area (Å²) in [6, 6.07) is 15.6. The molecule has 0 aliphatic heterocycles. The van der Waals surface area contributed by atoms with Crippen molar-refractivity contribution in [2.24, 2.45) is 5.92 Å². The summed E-state index contributed by atoms with van der Waals surface area (Å²) in [4.78, 5) is 7.70. The van der Waals surface area contributed by atoms with Gasteiger partial charge in [-0.2, -0.15) is 5.26 Å². The molecule has 5 nitrogen and oxygen atoms in total. The van der Waals surface area contributed by atoms with Crippen LogP contribution in [0.3, 0.4) is 0 Å². The van der Waals surface area contributed by atoms with E-state index >= 15 is 0 Å². The van der Waals surface area contributed by atoms with Gasteiger partial charge in [0, 0.05) is 0 Å². The number of fused-ring (bicyclic) bond motifs is 1. The standard InChI is InChI=1S/C22H23N3O2/c1-4-26-21-12-16(9-10-20(21)27-14-15(2)3)11-17(13-23)22-24-18-7-5-6-8-19(18)25-22/h5-12,15H,4,14H2,1-3H3,(H,24,25)/b17-11+. The van der Waals surface area contributed by atoms with Crippen molar-refractivity contribution in [1.82, 2.24) is 9.97 Å². The number of nitriles is 1. The van der Waals surface area contributed by atoms with Crippen LogP contribution in [0.1, 0.15) is 32.2 Å². The molecule has 0 amide bonds. The predicted octanol–water partition coefficient (Wildman–Crippen LogP) is 5.06. The van der Waals surface area contributed by atoms with Crippen molar-refractivity contribution >= 4 is 22.7 Å². The second-order valence-electron chi connectivity index (χ2n) is 6.62. The van der Waals surface area contributed by atoms with E-state index in [1.807, 2.05) is 49.4 Å². The lowest BCUT2D eigenvalue weighted by molar-refractivity contribution is 0.248. The quantitative estimate of drug-likeness (QED) is 0.597. The van der Waals surface area contributed by atoms with Gasteiger partial charge in [-0.05, 0) is 48.7 Å². The zero-order chi connectivity index (χ0) is 19.2. The molecule has 0 atom stereocenters. The molecule has 5 heteroatoms. The maximum absolute atomic E-state index is 9.60. The van der Waals surface area contributed by atoms with Crippen molar-refractivity contribution in [1.29, 1.82) is 5.26 Å². The van der Waals surface area contributed by atoms with Gasteiger partial charge in [0.1, 0.15) is 11.9 Å². The van der Waals surface area contributed by atoms with Crippen LogP contribution >= 0.6 is 0 Å². The molecular weight excluding hydrogens is 338 g/mol. The Morgan fingerprint density at radius 2 is 2.00 bits per heavy atom. The fourth-order valence-corrected chi connectivity index (χ4v) is 2.66. The van der Waals surface area contributed by atoms with E-state index < -0.39 is 0 Å². The number of imidazole rings is 1. The van der Waals surface area contributed by atoms with Crippen LogP contribution in [0.15, 0.2) is 42.5 Å². The molecule has 0 unspecified atom stereocenters. The highest BCUT2D eigenvalue weighted by molar-refractivity contribution is 5.90. The summed E-state index contributed by atoms with van der Waals surface area (Å²) in [5.41, 5.74) is 3.05. The maximum Gasteiger partial charge on any atom is 0.161 e. The maximum atomic E-state index is 9.60. The molecule has 3 rings (SSSR count). The summed E-state index contributed by atoms with van der Waals surface area (Å²) in [6.07, 6.45) is 1.80. The van der Waals surface area contributed by atoms with Crippen molar-refractivity contribution in [2.45, 2.75) is 20.8 Å². The molecule has 27 heavy (non-hydrogen) atoms. The average molecular weight is 361 g/mol. The number of hydrogen-bond acceptors (Lipinski definition) is 4. The predicted molar refractivity (Wildman–Crippen MR) is 108 cm³/mol. The molecule has 2 aromatic carbocycles. The molecule has 0 spiro atoms. The number of rotatable bonds is 7. The number of para-hydroxylation sites is 2. The van der Waals surface area contributed by atoms with E-state index in [0.717, 1.165) is 16.6 Å². The van der Waals surface area contributed by atoms with Gasteiger partial charge in [-0.3, -0.25) is 0 Å². The first-order chi connectivity index (χ1) is 13.1. The molecule has 3 aromatic rings. The Labute approximate surface area is 159 Å². The van der Waals surface area contributed by atoms with Crippen LogP contribution in [0, 0.1) is 17.2 Å². The summed E-state index contributed by atoms with van der Waals surface area (Å²) >= 11 is 0. The number of ether oxygens (including phenoxy) is 2. The molecule has 0 radical (unpaired) electrons. The van der Waals surface area contributed by atoms with Crippen LogP contribution in [0.25, 0.3) is 22.7 Å². The first-order valence-electron chi connectivity index (χ1n) is 9.07. The van der Waals surface area contributed by atoms with Crippen LogP contribution in [0.4, 0.5) is 0 Å². The third-order valence-corrected chi connectivity index (χ3v) is 3.92. The largest absolute Gasteiger partial charge is 0.490 e. The van der Waals surface area contributed by atoms with E-state index in [0.29, 0.717) is 42.0 Å². The van der Waals surface area contributed by atoms with Crippen LogP contribution in [0.5, 0.6) is 11.5 Å². The van der Waals surface area contributed by atoms with Gasteiger partial charge < -0.3 is 14.5 Å². The molecule has 0 bridgehead atoms. The minimum atomic E-state index is 0.428. The van der Waals surface area contributed by atoms with Gasteiger partial charge in [-0.1, -0.05) is 32.0 Å². The van der Waals surface area contributed by atoms with Gasteiger partial charge in [-0.15, -0.1) is 0 Å². The third kappa shape index (κ3) is 4.48. The van der Waals surface area contributed by atoms with Crippen molar-refractivity contribution < 1.29 is 9.47 Å². The van der Waals surface area contributed by atoms with Crippen molar-refractivity contribution in [3.63, 3.8) is 0 Å². The van der Waals surface area contributed by atoms with Crippen molar-refractivity contribution in [2.75, 3.05) is 13.2 Å². The van der Waals surface area contributed by atoms with Crippen LogP contribution in [-0.4, -0.2) is 23.2 Å². The molecule has 1 N–H and O–H groups in total. The molecule has 0 aliphatic carbocycles. The number of nitrogens with one attached hydrogen (secondary N) is 1. The summed E-state index contributed by atoms with van der Waals surface area (Å²) < 4.78 is 11.6. The Balaban J connectivity index is 1.93. The molecule has 0 fully saturated rings. The fraction of sp³-hybridized carbons (Fsp3) is 0.273. The van der Waals surface area contributed by atoms with Crippen molar-refractivity contribution in [3.8, 4) is 17.6 Å². The summed E-state index contributed by atoms with van der Waals surface area (Å²) in [6.45, 7) is 7.30. The lowest BCUT2D eigenvalue weighted by Gasteiger charge is -2.14. The first kappa shape index (κ1) is 18.5. The average Bonchev–Trinajstić information content (AvgIpc) is 3.09. The Hall–Kier alpha value is -3.26. The number of aromatic amines is 1. The molecule has 138 valence electrons. The Bertz CT molecular complexity index is 963. The molecule has 1 aromatic heterocycles. The van der Waals surface area contributed by atoms with E-state index in [2.05, 4.69) is 29.9 Å². The highest BCUT2D eigenvalue weighted by Gasteiger charge is 2.10. The van der Waals surface area contributed by atoms with Gasteiger partial charge in [0.25, 0.3) is 0 Å². The highest BCUT2D eigenvalue weighted by atomic mass is 16.5. The van der Waals surface area contributed by atoms with E-state index in [9.17, 15) is 5.26 Å². The van der Waals surface area contributed by atoms with Gasteiger partial charge in [0.05, 0.1) is 29.8 Å². The van der Waals surface area contributed by atoms with Crippen molar-refractivity contribution in [3.05, 3.63) is 53.9 Å². The third-order valence-electron chi connectivity index (χ3n) is 3.92. The Morgan fingerprint density at radius 1 is 1.19 bits per heavy atom. The van der Waals surface area contributed by atoms with Crippen LogP contribution in [0.2, 0.25) is 0 Å². The van der Waals surface area contributed by atoms with Crippen LogP contribution < -0.4 is 9.47 Å². The smallest absolute Gasteiger partial charge is 0.161 e. The number of allylic oxidation sites excluding steroid dienone is 1. The minimum Gasteiger partial charge on any atom is -0.490 e. The van der Waals surface area contributed by atoms with Crippen LogP contribution in [-0.2, 0) is 0 Å². The zero-order valence-corrected chi connectivity index (χ0v) is 15.8. The topological polar surface area (TPSA) is 70.9 Å². The second kappa shape index (κ2) is 8.41. The SMILES string of the molecule is CCOc1cc(/C=C(\C#N)c2nc3ccccc3[nH]2)ccc1OCC(C)C. The summed E-state index contributed by atoms with van der Waals surface area (Å²) in [7, 11) is 0. The number of H-pyrrole nitrogens is 1. The lowest BCUT2D eigenvalue weighted by Crippen LogP contribution is -2.06. The van der Waals surface area contributed by atoms with Gasteiger partial charge in [0.2, 0.25) is 0 Å². The minimum absolute atomic E-state index is 0.428. The van der Waals surface area contributed by atoms with Gasteiger partial charge in [0.15, 0.2) is 11.5 Å². The van der Waals surface area contributed by atoms with E-state index in [1.165, 1.54) is 0 Å². The monoisotopic (exact) mass is 361 g/mol. The normalized spacial score (nSPS) is 11.6. The second-order valence-corrected chi connectivity index (χ2v) is 6.62. The van der Waals surface area contributed by atoms with E-state index in [1.54, 1.807) is 6.08 Å². The van der Waals surface area contributed by atoms with E-state index in [4.69, 9.17) is 9.47 Å². The molecule has 1 heterocycles. The number of benzene rings is 2. The molecular formula is C22H23N3O2. The fourth-order valence-electron chi connectivity index (χ4n) is 2.66. The summed E-state index contributed by atoms with van der Waals surface area (Å²) in [5.74, 6) is 2.37. The first-order valence-corrected chi connectivity index (χ1v) is 9.07. The Morgan fingerprint density at radius 3 is 2.70 bits per heavy atom. The molecule has 0 saturated heterocycles. The zero-order valence-electron chi connectivity index (χ0n) is 15.8.